The first kappa shape index (κ1) is 16.8. The SMILES string of the molecule is CCc1cc(/C(N)=N/O)ccc1CNC(=O)OC(C)(C)C. The van der Waals surface area contributed by atoms with Crippen LogP contribution >= 0.6 is 0 Å². The fourth-order valence-corrected chi connectivity index (χ4v) is 1.83. The van der Waals surface area contributed by atoms with Gasteiger partial charge in [0, 0.05) is 12.1 Å². The summed E-state index contributed by atoms with van der Waals surface area (Å²) in [5.41, 5.74) is 7.69. The normalized spacial score (nSPS) is 12.1. The maximum absolute atomic E-state index is 11.6. The number of carbonyl (C=O) groups is 1. The molecule has 6 heteroatoms. The molecule has 1 aromatic rings. The summed E-state index contributed by atoms with van der Waals surface area (Å²) >= 11 is 0. The maximum atomic E-state index is 11.6. The van der Waals surface area contributed by atoms with E-state index in [0.29, 0.717) is 12.1 Å². The molecule has 0 fully saturated rings. The lowest BCUT2D eigenvalue weighted by Gasteiger charge is -2.20. The van der Waals surface area contributed by atoms with Gasteiger partial charge in [-0.2, -0.15) is 0 Å². The van der Waals surface area contributed by atoms with Crippen molar-refractivity contribution in [3.8, 4) is 0 Å². The number of oxime groups is 1. The first-order chi connectivity index (χ1) is 9.76. The number of carbonyl (C=O) groups excluding carboxylic acids is 1. The van der Waals surface area contributed by atoms with Gasteiger partial charge in [-0.15, -0.1) is 0 Å². The lowest BCUT2D eigenvalue weighted by atomic mass is 10.0. The summed E-state index contributed by atoms with van der Waals surface area (Å²) in [6, 6.07) is 5.45. The Kier molecular flexibility index (Phi) is 5.58. The number of amidine groups is 1. The number of aryl methyl sites for hydroxylation is 1. The maximum Gasteiger partial charge on any atom is 0.407 e. The van der Waals surface area contributed by atoms with Crippen molar-refractivity contribution in [2.45, 2.75) is 46.3 Å². The van der Waals surface area contributed by atoms with Gasteiger partial charge in [0.15, 0.2) is 5.84 Å². The van der Waals surface area contributed by atoms with E-state index in [2.05, 4.69) is 10.5 Å². The van der Waals surface area contributed by atoms with Crippen molar-refractivity contribution in [3.05, 3.63) is 34.9 Å². The van der Waals surface area contributed by atoms with Crippen LogP contribution in [0.25, 0.3) is 0 Å². The minimum Gasteiger partial charge on any atom is -0.444 e. The van der Waals surface area contributed by atoms with Gasteiger partial charge in [0.1, 0.15) is 5.60 Å². The second-order valence-corrected chi connectivity index (χ2v) is 5.68. The second kappa shape index (κ2) is 6.97. The summed E-state index contributed by atoms with van der Waals surface area (Å²) in [5.74, 6) is 0.0661. The summed E-state index contributed by atoms with van der Waals surface area (Å²) < 4.78 is 5.19. The molecule has 4 N–H and O–H groups in total. The summed E-state index contributed by atoms with van der Waals surface area (Å²) in [6.45, 7) is 7.82. The molecular formula is C15H23N3O3. The molecule has 0 aromatic heterocycles. The molecule has 0 saturated carbocycles. The predicted octanol–water partition coefficient (Wildman–Crippen LogP) is 2.37. The fraction of sp³-hybridized carbons (Fsp3) is 0.467. The van der Waals surface area contributed by atoms with Gasteiger partial charge in [0.25, 0.3) is 0 Å². The van der Waals surface area contributed by atoms with E-state index in [-0.39, 0.29) is 5.84 Å². The van der Waals surface area contributed by atoms with Crippen LogP contribution in [-0.2, 0) is 17.7 Å². The number of amides is 1. The van der Waals surface area contributed by atoms with Crippen LogP contribution in [0.4, 0.5) is 4.79 Å². The van der Waals surface area contributed by atoms with Gasteiger partial charge < -0.3 is 21.0 Å². The van der Waals surface area contributed by atoms with Crippen LogP contribution in [0.15, 0.2) is 23.4 Å². The van der Waals surface area contributed by atoms with Gasteiger partial charge in [-0.05, 0) is 44.4 Å². The van der Waals surface area contributed by atoms with Gasteiger partial charge in [-0.3, -0.25) is 0 Å². The van der Waals surface area contributed by atoms with E-state index in [1.165, 1.54) is 0 Å². The van der Waals surface area contributed by atoms with Crippen LogP contribution < -0.4 is 11.1 Å². The van der Waals surface area contributed by atoms with E-state index in [1.54, 1.807) is 6.07 Å². The molecule has 0 heterocycles. The van der Waals surface area contributed by atoms with Crippen LogP contribution in [0.1, 0.15) is 44.4 Å². The Morgan fingerprint density at radius 2 is 2.05 bits per heavy atom. The van der Waals surface area contributed by atoms with Crippen molar-refractivity contribution in [2.75, 3.05) is 0 Å². The van der Waals surface area contributed by atoms with E-state index in [9.17, 15) is 4.79 Å². The molecule has 116 valence electrons. The van der Waals surface area contributed by atoms with E-state index in [4.69, 9.17) is 15.7 Å². The van der Waals surface area contributed by atoms with Crippen LogP contribution in [0.3, 0.4) is 0 Å². The number of nitrogens with one attached hydrogen (secondary N) is 1. The highest BCUT2D eigenvalue weighted by molar-refractivity contribution is 5.97. The van der Waals surface area contributed by atoms with E-state index < -0.39 is 11.7 Å². The van der Waals surface area contributed by atoms with Gasteiger partial charge in [0.05, 0.1) is 0 Å². The molecule has 0 aliphatic rings. The smallest absolute Gasteiger partial charge is 0.407 e. The van der Waals surface area contributed by atoms with Crippen molar-refractivity contribution < 1.29 is 14.7 Å². The molecule has 0 spiro atoms. The van der Waals surface area contributed by atoms with Gasteiger partial charge in [-0.1, -0.05) is 24.2 Å². The lowest BCUT2D eigenvalue weighted by Crippen LogP contribution is -2.32. The van der Waals surface area contributed by atoms with Gasteiger partial charge in [-0.25, -0.2) is 4.79 Å². The Morgan fingerprint density at radius 1 is 1.38 bits per heavy atom. The summed E-state index contributed by atoms with van der Waals surface area (Å²) in [4.78, 5) is 11.6. The first-order valence-corrected chi connectivity index (χ1v) is 6.83. The molecule has 0 atom stereocenters. The zero-order valence-electron chi connectivity index (χ0n) is 12.9. The van der Waals surface area contributed by atoms with Crippen molar-refractivity contribution >= 4 is 11.9 Å². The molecule has 1 aromatic carbocycles. The predicted molar refractivity (Wildman–Crippen MR) is 81.4 cm³/mol. The third-order valence-corrected chi connectivity index (χ3v) is 2.81. The monoisotopic (exact) mass is 293 g/mol. The third kappa shape index (κ3) is 5.33. The van der Waals surface area contributed by atoms with Crippen molar-refractivity contribution in [2.24, 2.45) is 10.9 Å². The highest BCUT2D eigenvalue weighted by atomic mass is 16.6. The molecule has 0 bridgehead atoms. The standard InChI is InChI=1S/C15H23N3O3/c1-5-10-8-11(13(16)18-20)6-7-12(10)9-17-14(19)21-15(2,3)4/h6-8,20H,5,9H2,1-4H3,(H2,16,18)(H,17,19). The van der Waals surface area contributed by atoms with E-state index in [1.807, 2.05) is 39.8 Å². The number of alkyl carbamates (subject to hydrolysis) is 1. The quantitative estimate of drug-likeness (QED) is 0.343. The number of nitrogens with two attached hydrogens (primary N) is 1. The van der Waals surface area contributed by atoms with Crippen molar-refractivity contribution in [3.63, 3.8) is 0 Å². The average Bonchev–Trinajstić information content (AvgIpc) is 2.42. The van der Waals surface area contributed by atoms with Gasteiger partial charge in [0.2, 0.25) is 0 Å². The van der Waals surface area contributed by atoms with E-state index >= 15 is 0 Å². The third-order valence-electron chi connectivity index (χ3n) is 2.81. The summed E-state index contributed by atoms with van der Waals surface area (Å²) in [6.07, 6.45) is 0.322. The molecule has 21 heavy (non-hydrogen) atoms. The Balaban J connectivity index is 2.78. The average molecular weight is 293 g/mol. The van der Waals surface area contributed by atoms with Crippen LogP contribution in [0, 0.1) is 0 Å². The molecule has 0 radical (unpaired) electrons. The number of ether oxygens (including phenoxy) is 1. The Bertz CT molecular complexity index is 533. The number of benzene rings is 1. The fourth-order valence-electron chi connectivity index (χ4n) is 1.83. The summed E-state index contributed by atoms with van der Waals surface area (Å²) in [7, 11) is 0. The van der Waals surface area contributed by atoms with Crippen molar-refractivity contribution in [1.29, 1.82) is 0 Å². The molecule has 1 rings (SSSR count). The number of hydrogen-bond acceptors (Lipinski definition) is 4. The number of nitrogens with zero attached hydrogens (tertiary/aromatic N) is 1. The molecule has 0 aliphatic carbocycles. The number of rotatable bonds is 4. The zero-order valence-corrected chi connectivity index (χ0v) is 12.9. The molecular weight excluding hydrogens is 270 g/mol. The molecule has 1 amide bonds. The molecule has 0 aliphatic heterocycles. The van der Waals surface area contributed by atoms with Gasteiger partial charge >= 0.3 is 6.09 Å². The Morgan fingerprint density at radius 3 is 2.57 bits per heavy atom. The topological polar surface area (TPSA) is 96.9 Å². The highest BCUT2D eigenvalue weighted by Gasteiger charge is 2.16. The van der Waals surface area contributed by atoms with E-state index in [0.717, 1.165) is 17.5 Å². The second-order valence-electron chi connectivity index (χ2n) is 5.68. The number of hydrogen-bond donors (Lipinski definition) is 3. The van der Waals surface area contributed by atoms with Crippen molar-refractivity contribution in [1.82, 2.24) is 5.32 Å². The molecule has 0 unspecified atom stereocenters. The lowest BCUT2D eigenvalue weighted by molar-refractivity contribution is 0.0523. The first-order valence-electron chi connectivity index (χ1n) is 6.83. The highest BCUT2D eigenvalue weighted by Crippen LogP contribution is 2.14. The minimum absolute atomic E-state index is 0.0661. The van der Waals surface area contributed by atoms with Crippen LogP contribution in [0.5, 0.6) is 0 Å². The largest absolute Gasteiger partial charge is 0.444 e. The molecule has 0 saturated heterocycles. The zero-order chi connectivity index (χ0) is 16.0. The van der Waals surface area contributed by atoms with Crippen LogP contribution in [-0.4, -0.2) is 22.7 Å². The summed E-state index contributed by atoms with van der Waals surface area (Å²) in [5, 5.41) is 14.4. The Labute approximate surface area is 125 Å². The molecule has 6 nitrogen and oxygen atoms in total. The minimum atomic E-state index is -0.520. The van der Waals surface area contributed by atoms with Crippen LogP contribution in [0.2, 0.25) is 0 Å². The Hall–Kier alpha value is -2.24.